The lowest BCUT2D eigenvalue weighted by molar-refractivity contribution is -0.123. The molecule has 7 heteroatoms. The highest BCUT2D eigenvalue weighted by Gasteiger charge is 2.35. The zero-order valence-corrected chi connectivity index (χ0v) is 19.5. The van der Waals surface area contributed by atoms with Gasteiger partial charge in [-0.05, 0) is 66.2 Å². The third-order valence-electron chi connectivity index (χ3n) is 4.84. The maximum atomic E-state index is 13.0. The van der Waals surface area contributed by atoms with Gasteiger partial charge >= 0.3 is 0 Å². The van der Waals surface area contributed by atoms with Crippen LogP contribution < -0.4 is 4.74 Å². The predicted octanol–water partition coefficient (Wildman–Crippen LogP) is 7.12. The quantitative estimate of drug-likeness (QED) is 0.350. The molecule has 32 heavy (non-hydrogen) atoms. The SMILES string of the molecule is Cc1cccc(CN2C(=O)S/C(=C/c3cc(Cl)ccc3OCc3cccc(Cl)c3)C2=O)c1. The van der Waals surface area contributed by atoms with Crippen LogP contribution in [-0.2, 0) is 17.9 Å². The van der Waals surface area contributed by atoms with Crippen LogP contribution in [0.1, 0.15) is 22.3 Å². The summed E-state index contributed by atoms with van der Waals surface area (Å²) in [4.78, 5) is 27.1. The number of carbonyl (C=O) groups is 2. The minimum Gasteiger partial charge on any atom is -0.488 e. The van der Waals surface area contributed by atoms with E-state index in [0.29, 0.717) is 32.9 Å². The monoisotopic (exact) mass is 483 g/mol. The average Bonchev–Trinajstić information content (AvgIpc) is 3.01. The molecule has 1 aliphatic rings. The zero-order chi connectivity index (χ0) is 22.7. The smallest absolute Gasteiger partial charge is 0.293 e. The summed E-state index contributed by atoms with van der Waals surface area (Å²) < 4.78 is 5.96. The molecule has 1 fully saturated rings. The van der Waals surface area contributed by atoms with Gasteiger partial charge in [0.1, 0.15) is 12.4 Å². The van der Waals surface area contributed by atoms with Gasteiger partial charge in [-0.3, -0.25) is 14.5 Å². The Balaban J connectivity index is 1.55. The van der Waals surface area contributed by atoms with Crippen LogP contribution in [0.15, 0.2) is 71.6 Å². The number of benzene rings is 3. The topological polar surface area (TPSA) is 46.6 Å². The van der Waals surface area contributed by atoms with Crippen LogP contribution in [0.3, 0.4) is 0 Å². The van der Waals surface area contributed by atoms with Crippen LogP contribution in [0.25, 0.3) is 6.08 Å². The summed E-state index contributed by atoms with van der Waals surface area (Å²) in [6.45, 7) is 2.51. The Morgan fingerprint density at radius 3 is 2.47 bits per heavy atom. The van der Waals surface area contributed by atoms with Gasteiger partial charge in [0.05, 0.1) is 11.4 Å². The van der Waals surface area contributed by atoms with Gasteiger partial charge in [0.2, 0.25) is 0 Å². The average molecular weight is 484 g/mol. The largest absolute Gasteiger partial charge is 0.488 e. The molecule has 0 N–H and O–H groups in total. The van der Waals surface area contributed by atoms with Crippen molar-refractivity contribution < 1.29 is 14.3 Å². The lowest BCUT2D eigenvalue weighted by Gasteiger charge is -2.13. The van der Waals surface area contributed by atoms with Crippen LogP contribution >= 0.6 is 35.0 Å². The highest BCUT2D eigenvalue weighted by molar-refractivity contribution is 8.18. The van der Waals surface area contributed by atoms with Gasteiger partial charge in [-0.2, -0.15) is 0 Å². The summed E-state index contributed by atoms with van der Waals surface area (Å²) in [6, 6.07) is 20.3. The van der Waals surface area contributed by atoms with E-state index in [-0.39, 0.29) is 17.7 Å². The molecule has 4 nitrogen and oxygen atoms in total. The molecule has 3 aromatic carbocycles. The first-order chi connectivity index (χ1) is 15.4. The number of ether oxygens (including phenoxy) is 1. The van der Waals surface area contributed by atoms with Crippen LogP contribution in [-0.4, -0.2) is 16.0 Å². The molecule has 4 rings (SSSR count). The Morgan fingerprint density at radius 2 is 1.69 bits per heavy atom. The van der Waals surface area contributed by atoms with Crippen LogP contribution in [0, 0.1) is 6.92 Å². The number of nitrogens with zero attached hydrogens (tertiary/aromatic N) is 1. The minimum atomic E-state index is -0.331. The molecule has 0 aliphatic carbocycles. The van der Waals surface area contributed by atoms with E-state index in [2.05, 4.69) is 0 Å². The van der Waals surface area contributed by atoms with E-state index >= 15 is 0 Å². The second-order valence-corrected chi connectivity index (χ2v) is 9.22. The third kappa shape index (κ3) is 5.36. The maximum Gasteiger partial charge on any atom is 0.293 e. The molecule has 0 saturated carbocycles. The summed E-state index contributed by atoms with van der Waals surface area (Å²) in [5.74, 6) is 0.224. The Kier molecular flexibility index (Phi) is 6.89. The Labute approximate surface area is 200 Å². The second kappa shape index (κ2) is 9.82. The normalized spacial score (nSPS) is 15.0. The maximum absolute atomic E-state index is 13.0. The molecule has 0 aromatic heterocycles. The van der Waals surface area contributed by atoms with E-state index in [1.54, 1.807) is 30.3 Å². The third-order valence-corrected chi connectivity index (χ3v) is 6.22. The van der Waals surface area contributed by atoms with E-state index in [4.69, 9.17) is 27.9 Å². The van der Waals surface area contributed by atoms with Crippen molar-refractivity contribution in [2.75, 3.05) is 0 Å². The number of rotatable bonds is 6. The van der Waals surface area contributed by atoms with Gasteiger partial charge in [-0.25, -0.2) is 0 Å². The van der Waals surface area contributed by atoms with Crippen molar-refractivity contribution in [2.24, 2.45) is 0 Å². The number of imide groups is 1. The number of thioether (sulfide) groups is 1. The van der Waals surface area contributed by atoms with Gasteiger partial charge < -0.3 is 4.74 Å². The van der Waals surface area contributed by atoms with Gasteiger partial charge in [-0.15, -0.1) is 0 Å². The van der Waals surface area contributed by atoms with Gasteiger partial charge in [-0.1, -0.05) is 65.2 Å². The van der Waals surface area contributed by atoms with Gasteiger partial charge in [0, 0.05) is 15.6 Å². The van der Waals surface area contributed by atoms with Crippen molar-refractivity contribution in [3.63, 3.8) is 0 Å². The summed E-state index contributed by atoms with van der Waals surface area (Å²) in [5.41, 5.74) is 3.52. The molecular formula is C25H19Cl2NO3S. The van der Waals surface area contributed by atoms with E-state index in [9.17, 15) is 9.59 Å². The highest BCUT2D eigenvalue weighted by atomic mass is 35.5. The summed E-state index contributed by atoms with van der Waals surface area (Å²) in [5, 5.41) is 0.834. The predicted molar refractivity (Wildman–Crippen MR) is 130 cm³/mol. The molecular weight excluding hydrogens is 465 g/mol. The first-order valence-corrected chi connectivity index (χ1v) is 11.4. The number of carbonyl (C=O) groups excluding carboxylic acids is 2. The van der Waals surface area contributed by atoms with Crippen molar-refractivity contribution in [1.29, 1.82) is 0 Å². The van der Waals surface area contributed by atoms with E-state index in [0.717, 1.165) is 28.5 Å². The van der Waals surface area contributed by atoms with Crippen molar-refractivity contribution in [2.45, 2.75) is 20.1 Å². The minimum absolute atomic E-state index is 0.233. The van der Waals surface area contributed by atoms with Crippen LogP contribution in [0.4, 0.5) is 4.79 Å². The Hall–Kier alpha value is -2.73. The molecule has 0 bridgehead atoms. The highest BCUT2D eigenvalue weighted by Crippen LogP contribution is 2.36. The number of hydrogen-bond acceptors (Lipinski definition) is 4. The van der Waals surface area contributed by atoms with Crippen molar-refractivity contribution >= 4 is 52.2 Å². The molecule has 0 spiro atoms. The van der Waals surface area contributed by atoms with Crippen LogP contribution in [0.5, 0.6) is 5.75 Å². The standard InChI is InChI=1S/C25H19Cl2NO3S/c1-16-4-2-5-17(10-16)14-28-24(29)23(32-25(28)30)13-19-12-21(27)8-9-22(19)31-15-18-6-3-7-20(26)11-18/h2-13H,14-15H2,1H3/b23-13+. The Bertz CT molecular complexity index is 1230. The van der Waals surface area contributed by atoms with Crippen molar-refractivity contribution in [3.8, 4) is 5.75 Å². The van der Waals surface area contributed by atoms with E-state index in [1.165, 1.54) is 4.90 Å². The summed E-state index contributed by atoms with van der Waals surface area (Å²) in [7, 11) is 0. The molecule has 162 valence electrons. The Morgan fingerprint density at radius 1 is 0.938 bits per heavy atom. The first-order valence-electron chi connectivity index (χ1n) is 9.87. The van der Waals surface area contributed by atoms with Crippen molar-refractivity contribution in [1.82, 2.24) is 4.90 Å². The fourth-order valence-electron chi connectivity index (χ4n) is 3.32. The molecule has 0 radical (unpaired) electrons. The molecule has 1 heterocycles. The van der Waals surface area contributed by atoms with Crippen molar-refractivity contribution in [3.05, 3.63) is 104 Å². The van der Waals surface area contributed by atoms with Gasteiger partial charge in [0.15, 0.2) is 0 Å². The molecule has 1 aliphatic heterocycles. The number of halogens is 2. The molecule has 2 amide bonds. The molecule has 0 unspecified atom stereocenters. The summed E-state index contributed by atoms with van der Waals surface area (Å²) in [6.07, 6.45) is 1.65. The zero-order valence-electron chi connectivity index (χ0n) is 17.2. The first kappa shape index (κ1) is 22.5. The lowest BCUT2D eigenvalue weighted by Crippen LogP contribution is -2.27. The second-order valence-electron chi connectivity index (χ2n) is 7.36. The fourth-order valence-corrected chi connectivity index (χ4v) is 4.54. The molecule has 0 atom stereocenters. The molecule has 1 saturated heterocycles. The van der Waals surface area contributed by atoms with Crippen LogP contribution in [0.2, 0.25) is 10.0 Å². The lowest BCUT2D eigenvalue weighted by atomic mass is 10.1. The number of hydrogen-bond donors (Lipinski definition) is 0. The molecule has 3 aromatic rings. The number of amides is 2. The fraction of sp³-hybridized carbons (Fsp3) is 0.120. The van der Waals surface area contributed by atoms with Gasteiger partial charge in [0.25, 0.3) is 11.1 Å². The van der Waals surface area contributed by atoms with E-state index in [1.807, 2.05) is 49.4 Å². The number of aryl methyl sites for hydroxylation is 1. The van der Waals surface area contributed by atoms with E-state index < -0.39 is 0 Å². The summed E-state index contributed by atoms with van der Waals surface area (Å²) >= 11 is 13.1.